The maximum absolute atomic E-state index is 11.6. The molecule has 2 aromatic rings. The largest absolute Gasteiger partial charge is 0.496 e. The van der Waals surface area contributed by atoms with Crippen LogP contribution in [0.15, 0.2) is 18.2 Å². The summed E-state index contributed by atoms with van der Waals surface area (Å²) in [6.45, 7) is 0. The summed E-state index contributed by atoms with van der Waals surface area (Å²) in [5, 5.41) is 0.733. The maximum atomic E-state index is 11.6. The molecule has 0 fully saturated rings. The lowest BCUT2D eigenvalue weighted by molar-refractivity contribution is -0.113. The number of ether oxygens (including phenoxy) is 1. The molecule has 1 aromatic heterocycles. The van der Waals surface area contributed by atoms with Gasteiger partial charge in [0, 0.05) is 16.6 Å². The fourth-order valence-electron chi connectivity index (χ4n) is 2.90. The molecule has 18 heavy (non-hydrogen) atoms. The van der Waals surface area contributed by atoms with E-state index in [0.29, 0.717) is 0 Å². The first-order chi connectivity index (χ1) is 8.72. The Bertz CT molecular complexity index is 618. The third-order valence-electron chi connectivity index (χ3n) is 3.67. The minimum atomic E-state index is -0.275. The van der Waals surface area contributed by atoms with Crippen molar-refractivity contribution >= 4 is 27.7 Å². The summed E-state index contributed by atoms with van der Waals surface area (Å²) in [5.41, 5.74) is 3.18. The number of hydrogen-bond donors (Lipinski definition) is 1. The zero-order chi connectivity index (χ0) is 12.7. The van der Waals surface area contributed by atoms with Gasteiger partial charge in [-0.2, -0.15) is 0 Å². The monoisotopic (exact) mass is 263 g/mol. The molecule has 0 spiro atoms. The van der Waals surface area contributed by atoms with Crippen molar-refractivity contribution in [3.8, 4) is 5.75 Å². The van der Waals surface area contributed by atoms with Gasteiger partial charge in [0.1, 0.15) is 5.75 Å². The van der Waals surface area contributed by atoms with Gasteiger partial charge in [0.25, 0.3) is 0 Å². The zero-order valence-electron chi connectivity index (χ0n) is 10.1. The second-order valence-corrected chi connectivity index (χ2v) is 5.02. The molecule has 1 heterocycles. The first-order valence-electron chi connectivity index (χ1n) is 6.09. The molecule has 0 amide bonds. The van der Waals surface area contributed by atoms with Gasteiger partial charge in [-0.15, -0.1) is 0 Å². The number of carbonyl (C=O) groups excluding carboxylic acids is 1. The van der Waals surface area contributed by atoms with Crippen molar-refractivity contribution in [3.63, 3.8) is 0 Å². The highest BCUT2D eigenvalue weighted by atomic mass is 35.5. The van der Waals surface area contributed by atoms with Crippen LogP contribution in [0.5, 0.6) is 5.75 Å². The van der Waals surface area contributed by atoms with Gasteiger partial charge in [-0.3, -0.25) is 4.79 Å². The molecule has 4 heteroatoms. The van der Waals surface area contributed by atoms with E-state index in [-0.39, 0.29) is 11.2 Å². The van der Waals surface area contributed by atoms with Crippen molar-refractivity contribution in [3.05, 3.63) is 29.5 Å². The van der Waals surface area contributed by atoms with Crippen molar-refractivity contribution in [2.45, 2.75) is 25.2 Å². The Morgan fingerprint density at radius 2 is 2.33 bits per heavy atom. The van der Waals surface area contributed by atoms with Gasteiger partial charge in [0.05, 0.1) is 13.0 Å². The van der Waals surface area contributed by atoms with Crippen molar-refractivity contribution in [2.24, 2.45) is 0 Å². The summed E-state index contributed by atoms with van der Waals surface area (Å²) in [6, 6.07) is 5.87. The van der Waals surface area contributed by atoms with Crippen LogP contribution in [-0.2, 0) is 11.2 Å². The van der Waals surface area contributed by atoms with E-state index in [2.05, 4.69) is 4.98 Å². The first-order valence-corrected chi connectivity index (χ1v) is 6.47. The molecule has 3 rings (SSSR count). The molecule has 3 nitrogen and oxygen atoms in total. The minimum absolute atomic E-state index is 0.208. The van der Waals surface area contributed by atoms with Gasteiger partial charge in [-0.1, -0.05) is 6.07 Å². The molecule has 0 bridgehead atoms. The van der Waals surface area contributed by atoms with Crippen LogP contribution in [0, 0.1) is 0 Å². The second-order valence-electron chi connectivity index (χ2n) is 4.65. The SMILES string of the molecule is COc1cccc2[nH]c3c(c12)C(C(=O)Cl)CCC3. The van der Waals surface area contributed by atoms with E-state index in [1.165, 1.54) is 0 Å². The Morgan fingerprint density at radius 3 is 3.06 bits per heavy atom. The number of methoxy groups -OCH3 is 1. The van der Waals surface area contributed by atoms with E-state index in [4.69, 9.17) is 16.3 Å². The number of aromatic nitrogens is 1. The molecule has 0 saturated heterocycles. The quantitative estimate of drug-likeness (QED) is 0.844. The summed E-state index contributed by atoms with van der Waals surface area (Å²) >= 11 is 5.74. The van der Waals surface area contributed by atoms with Crippen LogP contribution in [0.4, 0.5) is 0 Å². The lowest BCUT2D eigenvalue weighted by atomic mass is 9.86. The van der Waals surface area contributed by atoms with Crippen LogP contribution >= 0.6 is 11.6 Å². The topological polar surface area (TPSA) is 42.1 Å². The lowest BCUT2D eigenvalue weighted by Gasteiger charge is -2.20. The predicted molar refractivity (Wildman–Crippen MR) is 71.4 cm³/mol. The van der Waals surface area contributed by atoms with Crippen LogP contribution in [0.25, 0.3) is 10.9 Å². The number of fused-ring (bicyclic) bond motifs is 3. The summed E-state index contributed by atoms with van der Waals surface area (Å²) in [5.74, 6) is 0.593. The molecule has 1 aliphatic rings. The van der Waals surface area contributed by atoms with Crippen LogP contribution in [0.1, 0.15) is 30.0 Å². The first kappa shape index (κ1) is 11.6. The number of H-pyrrole nitrogens is 1. The Morgan fingerprint density at radius 1 is 1.50 bits per heavy atom. The number of hydrogen-bond acceptors (Lipinski definition) is 2. The number of carbonyl (C=O) groups is 1. The summed E-state index contributed by atoms with van der Waals surface area (Å²) in [7, 11) is 1.65. The molecule has 0 radical (unpaired) electrons. The molecule has 1 N–H and O–H groups in total. The molecule has 0 saturated carbocycles. The molecule has 1 atom stereocenters. The van der Waals surface area contributed by atoms with Gasteiger partial charge < -0.3 is 9.72 Å². The predicted octanol–water partition coefficient (Wildman–Crippen LogP) is 3.36. The van der Waals surface area contributed by atoms with E-state index in [1.54, 1.807) is 7.11 Å². The third-order valence-corrected chi connectivity index (χ3v) is 3.93. The second kappa shape index (κ2) is 4.32. The Balaban J connectivity index is 2.32. The van der Waals surface area contributed by atoms with Crippen molar-refractivity contribution < 1.29 is 9.53 Å². The fraction of sp³-hybridized carbons (Fsp3) is 0.357. The number of aromatic amines is 1. The van der Waals surface area contributed by atoms with Gasteiger partial charge in [-0.25, -0.2) is 0 Å². The van der Waals surface area contributed by atoms with E-state index in [0.717, 1.165) is 47.2 Å². The molecule has 0 aliphatic heterocycles. The summed E-state index contributed by atoms with van der Waals surface area (Å²) < 4.78 is 5.41. The Labute approximate surface area is 110 Å². The van der Waals surface area contributed by atoms with Crippen LogP contribution < -0.4 is 4.74 Å². The molecule has 94 valence electrons. The zero-order valence-corrected chi connectivity index (χ0v) is 10.9. The van der Waals surface area contributed by atoms with E-state index in [1.807, 2.05) is 18.2 Å². The molecule has 1 aliphatic carbocycles. The third kappa shape index (κ3) is 1.62. The lowest BCUT2D eigenvalue weighted by Crippen LogP contribution is -2.14. The number of nitrogens with one attached hydrogen (secondary N) is 1. The average Bonchev–Trinajstić information content (AvgIpc) is 2.76. The van der Waals surface area contributed by atoms with Crippen LogP contribution in [0.3, 0.4) is 0 Å². The molecule has 1 aromatic carbocycles. The van der Waals surface area contributed by atoms with Gasteiger partial charge in [-0.05, 0) is 48.6 Å². The van der Waals surface area contributed by atoms with E-state index in [9.17, 15) is 4.79 Å². The Kier molecular flexibility index (Phi) is 2.78. The summed E-state index contributed by atoms with van der Waals surface area (Å²) in [4.78, 5) is 15.0. The van der Waals surface area contributed by atoms with Gasteiger partial charge in [0.15, 0.2) is 0 Å². The number of benzene rings is 1. The van der Waals surface area contributed by atoms with Crippen molar-refractivity contribution in [1.82, 2.24) is 4.98 Å². The highest BCUT2D eigenvalue weighted by molar-refractivity contribution is 6.64. The number of aryl methyl sites for hydroxylation is 1. The van der Waals surface area contributed by atoms with Crippen molar-refractivity contribution in [2.75, 3.05) is 7.11 Å². The summed E-state index contributed by atoms with van der Waals surface area (Å²) in [6.07, 6.45) is 2.78. The Hall–Kier alpha value is -1.48. The maximum Gasteiger partial charge on any atom is 0.229 e. The number of rotatable bonds is 2. The highest BCUT2D eigenvalue weighted by Gasteiger charge is 2.30. The molecular formula is C14H14ClNO2. The molecular weight excluding hydrogens is 250 g/mol. The smallest absolute Gasteiger partial charge is 0.229 e. The highest BCUT2D eigenvalue weighted by Crippen LogP contribution is 2.41. The van der Waals surface area contributed by atoms with E-state index < -0.39 is 0 Å². The number of halogens is 1. The molecule has 1 unspecified atom stereocenters. The van der Waals surface area contributed by atoms with E-state index >= 15 is 0 Å². The average molecular weight is 264 g/mol. The van der Waals surface area contributed by atoms with Gasteiger partial charge >= 0.3 is 0 Å². The van der Waals surface area contributed by atoms with Crippen LogP contribution in [0.2, 0.25) is 0 Å². The van der Waals surface area contributed by atoms with Crippen LogP contribution in [-0.4, -0.2) is 17.3 Å². The van der Waals surface area contributed by atoms with Crippen molar-refractivity contribution in [1.29, 1.82) is 0 Å². The normalized spacial score (nSPS) is 18.7. The standard InChI is InChI=1S/C14H14ClNO2/c1-18-11-7-3-6-10-13(11)12-8(14(15)17)4-2-5-9(12)16-10/h3,6-8,16H,2,4-5H2,1H3. The van der Waals surface area contributed by atoms with Gasteiger partial charge in [0.2, 0.25) is 5.24 Å². The fourth-order valence-corrected chi connectivity index (χ4v) is 3.12. The minimum Gasteiger partial charge on any atom is -0.496 e.